The number of nitrogens with one attached hydrogen (secondary N) is 2. The topological polar surface area (TPSA) is 74.3 Å². The van der Waals surface area contributed by atoms with E-state index in [1.165, 1.54) is 40.9 Å². The average Bonchev–Trinajstić information content (AvgIpc) is 3.33. The van der Waals surface area contributed by atoms with Crippen LogP contribution in [0.25, 0.3) is 11.6 Å². The molecule has 1 aliphatic carbocycles. The summed E-state index contributed by atoms with van der Waals surface area (Å²) in [6, 6.07) is 6.41. The van der Waals surface area contributed by atoms with E-state index in [1.807, 2.05) is 5.38 Å². The molecule has 1 aromatic heterocycles. The Labute approximate surface area is 218 Å². The SMILES string of the molecule is C=C1Cc2c(cccc2CC)C=C1c1csc(NC(=O)CCC(=O)NCCCN2CCC(C)CC2)n1. The Morgan fingerprint density at radius 2 is 1.97 bits per heavy atom. The first-order chi connectivity index (χ1) is 17.4. The lowest BCUT2D eigenvalue weighted by Gasteiger charge is -2.30. The molecular formula is C29H38N4O2S. The number of carbonyl (C=O) groups excluding carboxylic acids is 2. The van der Waals surface area contributed by atoms with E-state index in [4.69, 9.17) is 0 Å². The third kappa shape index (κ3) is 6.92. The number of piperidine rings is 1. The summed E-state index contributed by atoms with van der Waals surface area (Å²) in [4.78, 5) is 31.7. The van der Waals surface area contributed by atoms with Gasteiger partial charge < -0.3 is 15.5 Å². The van der Waals surface area contributed by atoms with Gasteiger partial charge in [-0.25, -0.2) is 4.98 Å². The van der Waals surface area contributed by atoms with Crippen molar-refractivity contribution in [3.05, 3.63) is 58.1 Å². The lowest BCUT2D eigenvalue weighted by molar-refractivity contribution is -0.124. The highest BCUT2D eigenvalue weighted by Gasteiger charge is 2.20. The maximum Gasteiger partial charge on any atom is 0.226 e. The number of allylic oxidation sites excluding steroid dienone is 2. The maximum atomic E-state index is 12.4. The summed E-state index contributed by atoms with van der Waals surface area (Å²) >= 11 is 1.40. The van der Waals surface area contributed by atoms with Crippen LogP contribution in [-0.2, 0) is 22.4 Å². The van der Waals surface area contributed by atoms with Crippen LogP contribution in [0.5, 0.6) is 0 Å². The van der Waals surface area contributed by atoms with E-state index in [0.717, 1.165) is 61.7 Å². The number of benzene rings is 1. The Morgan fingerprint density at radius 1 is 1.19 bits per heavy atom. The van der Waals surface area contributed by atoms with Crippen LogP contribution in [0, 0.1) is 5.92 Å². The second kappa shape index (κ2) is 12.5. The highest BCUT2D eigenvalue weighted by Crippen LogP contribution is 2.36. The van der Waals surface area contributed by atoms with Gasteiger partial charge in [-0.05, 0) is 86.0 Å². The van der Waals surface area contributed by atoms with Crippen LogP contribution in [0.1, 0.15) is 68.3 Å². The third-order valence-corrected chi connectivity index (χ3v) is 7.97. The van der Waals surface area contributed by atoms with Crippen molar-refractivity contribution < 1.29 is 9.59 Å². The molecular weight excluding hydrogens is 468 g/mol. The first kappa shape index (κ1) is 26.3. The second-order valence-corrected chi connectivity index (χ2v) is 10.8. The standard InChI is InChI=1S/C29H38N4O2S/c1-4-22-7-5-8-23-18-24(21(3)17-25(22)23)26-19-36-29(31-26)32-28(35)10-9-27(34)30-13-6-14-33-15-11-20(2)12-16-33/h5,7-8,18-20H,3-4,6,9-17H2,1-2H3,(H,30,34)(H,31,32,35). The molecule has 0 unspecified atom stereocenters. The number of nitrogens with zero attached hydrogens (tertiary/aromatic N) is 2. The lowest BCUT2D eigenvalue weighted by atomic mass is 9.84. The Balaban J connectivity index is 1.21. The zero-order chi connectivity index (χ0) is 25.5. The van der Waals surface area contributed by atoms with E-state index in [0.29, 0.717) is 11.7 Å². The smallest absolute Gasteiger partial charge is 0.226 e. The molecule has 0 bridgehead atoms. The number of amides is 2. The van der Waals surface area contributed by atoms with E-state index >= 15 is 0 Å². The summed E-state index contributed by atoms with van der Waals surface area (Å²) in [5.41, 5.74) is 6.80. The van der Waals surface area contributed by atoms with Crippen molar-refractivity contribution in [2.45, 2.75) is 58.8 Å². The molecule has 1 saturated heterocycles. The molecule has 2 amide bonds. The number of hydrogen-bond donors (Lipinski definition) is 2. The highest BCUT2D eigenvalue weighted by atomic mass is 32.1. The molecule has 0 atom stereocenters. The number of thiazole rings is 1. The van der Waals surface area contributed by atoms with Crippen LogP contribution in [0.15, 0.2) is 35.7 Å². The fourth-order valence-corrected chi connectivity index (χ4v) is 5.65. The molecule has 2 aromatic rings. The molecule has 2 aliphatic rings. The van der Waals surface area contributed by atoms with Gasteiger partial charge in [0.2, 0.25) is 11.8 Å². The minimum absolute atomic E-state index is 0.0778. The molecule has 0 saturated carbocycles. The van der Waals surface area contributed by atoms with Gasteiger partial charge >= 0.3 is 0 Å². The van der Waals surface area contributed by atoms with Gasteiger partial charge in [0.25, 0.3) is 0 Å². The predicted octanol–water partition coefficient (Wildman–Crippen LogP) is 5.32. The molecule has 4 rings (SSSR count). The summed E-state index contributed by atoms with van der Waals surface area (Å²) in [6.07, 6.45) is 7.78. The first-order valence-electron chi connectivity index (χ1n) is 13.2. The number of rotatable bonds is 10. The van der Waals surface area contributed by atoms with Crippen molar-refractivity contribution in [2.24, 2.45) is 5.92 Å². The van der Waals surface area contributed by atoms with Crippen molar-refractivity contribution in [1.29, 1.82) is 0 Å². The Morgan fingerprint density at radius 3 is 2.75 bits per heavy atom. The van der Waals surface area contributed by atoms with Gasteiger partial charge in [0.1, 0.15) is 0 Å². The largest absolute Gasteiger partial charge is 0.356 e. The molecule has 1 fully saturated rings. The molecule has 2 heterocycles. The number of hydrogen-bond acceptors (Lipinski definition) is 5. The van der Waals surface area contributed by atoms with Crippen molar-refractivity contribution in [3.8, 4) is 0 Å². The van der Waals surface area contributed by atoms with Gasteiger partial charge in [-0.3, -0.25) is 9.59 Å². The predicted molar refractivity (Wildman–Crippen MR) is 149 cm³/mol. The van der Waals surface area contributed by atoms with Gasteiger partial charge in [-0.2, -0.15) is 0 Å². The number of aryl methyl sites for hydroxylation is 1. The highest BCUT2D eigenvalue weighted by molar-refractivity contribution is 7.14. The van der Waals surface area contributed by atoms with Crippen LogP contribution in [0.2, 0.25) is 0 Å². The average molecular weight is 507 g/mol. The number of fused-ring (bicyclic) bond motifs is 1. The van der Waals surface area contributed by atoms with Gasteiger partial charge in [-0.15, -0.1) is 11.3 Å². The summed E-state index contributed by atoms with van der Waals surface area (Å²) < 4.78 is 0. The number of carbonyl (C=O) groups is 2. The molecule has 6 nitrogen and oxygen atoms in total. The zero-order valence-corrected chi connectivity index (χ0v) is 22.4. The van der Waals surface area contributed by atoms with Crippen LogP contribution in [0.3, 0.4) is 0 Å². The molecule has 0 radical (unpaired) electrons. The molecule has 2 N–H and O–H groups in total. The molecule has 0 spiro atoms. The molecule has 36 heavy (non-hydrogen) atoms. The third-order valence-electron chi connectivity index (χ3n) is 7.22. The minimum Gasteiger partial charge on any atom is -0.356 e. The normalized spacial score (nSPS) is 16.4. The van der Waals surface area contributed by atoms with E-state index in [-0.39, 0.29) is 24.7 Å². The molecule has 192 valence electrons. The van der Waals surface area contributed by atoms with Crippen molar-refractivity contribution in [3.63, 3.8) is 0 Å². The summed E-state index contributed by atoms with van der Waals surface area (Å²) in [5.74, 6) is 0.562. The zero-order valence-electron chi connectivity index (χ0n) is 21.6. The molecule has 1 aromatic carbocycles. The summed E-state index contributed by atoms with van der Waals surface area (Å²) in [5, 5.41) is 8.29. The fraction of sp³-hybridized carbons (Fsp3) is 0.483. The van der Waals surface area contributed by atoms with Crippen molar-refractivity contribution >= 4 is 39.9 Å². The molecule has 1 aliphatic heterocycles. The Kier molecular flexibility index (Phi) is 9.10. The molecule has 7 heteroatoms. The summed E-state index contributed by atoms with van der Waals surface area (Å²) in [6.45, 7) is 12.8. The summed E-state index contributed by atoms with van der Waals surface area (Å²) in [7, 11) is 0. The van der Waals surface area contributed by atoms with Crippen LogP contribution < -0.4 is 10.6 Å². The van der Waals surface area contributed by atoms with E-state index in [1.54, 1.807) is 0 Å². The van der Waals surface area contributed by atoms with Crippen LogP contribution >= 0.6 is 11.3 Å². The lowest BCUT2D eigenvalue weighted by Crippen LogP contribution is -2.35. The number of likely N-dealkylation sites (tertiary alicyclic amines) is 1. The van der Waals surface area contributed by atoms with Crippen molar-refractivity contribution in [2.75, 3.05) is 31.5 Å². The first-order valence-corrected chi connectivity index (χ1v) is 14.1. The van der Waals surface area contributed by atoms with Gasteiger partial charge in [0, 0.05) is 30.3 Å². The second-order valence-electron chi connectivity index (χ2n) is 9.99. The Bertz CT molecular complexity index is 1130. The number of anilines is 1. The van der Waals surface area contributed by atoms with Gasteiger partial charge in [0.15, 0.2) is 5.13 Å². The van der Waals surface area contributed by atoms with E-state index < -0.39 is 0 Å². The number of aromatic nitrogens is 1. The maximum absolute atomic E-state index is 12.4. The minimum atomic E-state index is -0.192. The van der Waals surface area contributed by atoms with Crippen LogP contribution in [-0.4, -0.2) is 47.9 Å². The van der Waals surface area contributed by atoms with Gasteiger partial charge in [-0.1, -0.05) is 38.6 Å². The van der Waals surface area contributed by atoms with E-state index in [9.17, 15) is 9.59 Å². The van der Waals surface area contributed by atoms with Crippen LogP contribution in [0.4, 0.5) is 5.13 Å². The van der Waals surface area contributed by atoms with Gasteiger partial charge in [0.05, 0.1) is 5.69 Å². The van der Waals surface area contributed by atoms with E-state index in [2.05, 4.69) is 65.2 Å². The quantitative estimate of drug-likeness (QED) is 0.428. The Hall–Kier alpha value is -2.77. The monoisotopic (exact) mass is 506 g/mol. The van der Waals surface area contributed by atoms with Crippen molar-refractivity contribution in [1.82, 2.24) is 15.2 Å². The fourth-order valence-electron chi connectivity index (χ4n) is 4.93.